The highest BCUT2D eigenvalue weighted by atomic mass is 127. The number of hydrogen-bond donors (Lipinski definition) is 2. The van der Waals surface area contributed by atoms with Gasteiger partial charge in [0.15, 0.2) is 5.96 Å². The van der Waals surface area contributed by atoms with Gasteiger partial charge in [-0.15, -0.1) is 24.0 Å². The molecule has 0 spiro atoms. The molecule has 2 rings (SSSR count). The third-order valence-electron chi connectivity index (χ3n) is 3.88. The topological polar surface area (TPSA) is 79.6 Å². The van der Waals surface area contributed by atoms with E-state index >= 15 is 0 Å². The highest BCUT2D eigenvalue weighted by molar-refractivity contribution is 14.0. The van der Waals surface area contributed by atoms with Crippen molar-refractivity contribution < 1.29 is 4.92 Å². The predicted molar refractivity (Wildman–Crippen MR) is 108 cm³/mol. The second kappa shape index (κ2) is 11.2. The lowest BCUT2D eigenvalue weighted by molar-refractivity contribution is -0.384. The highest BCUT2D eigenvalue weighted by Gasteiger charge is 2.20. The van der Waals surface area contributed by atoms with Crippen LogP contribution in [0.3, 0.4) is 0 Å². The van der Waals surface area contributed by atoms with Crippen LogP contribution in [0.4, 0.5) is 5.69 Å². The number of benzene rings is 1. The first-order valence-electron chi connectivity index (χ1n) is 8.44. The van der Waals surface area contributed by atoms with Gasteiger partial charge in [-0.25, -0.2) is 0 Å². The summed E-state index contributed by atoms with van der Waals surface area (Å²) in [4.78, 5) is 14.8. The van der Waals surface area contributed by atoms with Gasteiger partial charge >= 0.3 is 0 Å². The number of hydrogen-bond acceptors (Lipinski definition) is 3. The number of nitrogens with zero attached hydrogens (tertiary/aromatic N) is 2. The normalized spacial score (nSPS) is 14.0. The summed E-state index contributed by atoms with van der Waals surface area (Å²) < 4.78 is 0. The van der Waals surface area contributed by atoms with E-state index in [1.54, 1.807) is 12.1 Å². The van der Waals surface area contributed by atoms with Crippen LogP contribution in [0, 0.1) is 16.0 Å². The Morgan fingerprint density at radius 1 is 1.25 bits per heavy atom. The Hall–Kier alpha value is -1.38. The highest BCUT2D eigenvalue weighted by Crippen LogP contribution is 2.28. The Kier molecular flexibility index (Phi) is 9.66. The molecule has 2 N–H and O–H groups in total. The summed E-state index contributed by atoms with van der Waals surface area (Å²) in [6.07, 6.45) is 5.67. The van der Waals surface area contributed by atoms with Gasteiger partial charge in [0, 0.05) is 31.8 Å². The molecule has 24 heavy (non-hydrogen) atoms. The average Bonchev–Trinajstić information content (AvgIpc) is 3.37. The van der Waals surface area contributed by atoms with Crippen LogP contribution in [0.5, 0.6) is 0 Å². The molecule has 6 nitrogen and oxygen atoms in total. The summed E-state index contributed by atoms with van der Waals surface area (Å²) in [6.45, 7) is 4.77. The maximum Gasteiger partial charge on any atom is 0.269 e. The van der Waals surface area contributed by atoms with Gasteiger partial charge in [0.2, 0.25) is 0 Å². The molecule has 0 amide bonds. The molecule has 1 fully saturated rings. The monoisotopic (exact) mass is 446 g/mol. The molecule has 7 heteroatoms. The third kappa shape index (κ3) is 7.94. The van der Waals surface area contributed by atoms with Crippen LogP contribution in [-0.4, -0.2) is 30.5 Å². The smallest absolute Gasteiger partial charge is 0.269 e. The quantitative estimate of drug-likeness (QED) is 0.152. The van der Waals surface area contributed by atoms with Crippen molar-refractivity contribution in [1.29, 1.82) is 0 Å². The number of nitro groups is 1. The molecule has 1 aromatic carbocycles. The fourth-order valence-electron chi connectivity index (χ4n) is 2.31. The van der Waals surface area contributed by atoms with E-state index in [2.05, 4.69) is 22.5 Å². The van der Waals surface area contributed by atoms with Gasteiger partial charge in [-0.3, -0.25) is 15.1 Å². The van der Waals surface area contributed by atoms with Crippen LogP contribution in [0.2, 0.25) is 0 Å². The average molecular weight is 446 g/mol. The van der Waals surface area contributed by atoms with Crippen LogP contribution >= 0.6 is 24.0 Å². The maximum atomic E-state index is 10.6. The van der Waals surface area contributed by atoms with E-state index in [0.717, 1.165) is 56.3 Å². The fraction of sp³-hybridized carbons (Fsp3) is 0.588. The van der Waals surface area contributed by atoms with E-state index in [9.17, 15) is 10.1 Å². The van der Waals surface area contributed by atoms with Crippen LogP contribution in [-0.2, 0) is 6.42 Å². The number of guanidine groups is 1. The summed E-state index contributed by atoms with van der Waals surface area (Å²) >= 11 is 0. The van der Waals surface area contributed by atoms with Crippen LogP contribution < -0.4 is 10.6 Å². The molecule has 0 saturated heterocycles. The minimum absolute atomic E-state index is 0. The molecule has 0 atom stereocenters. The van der Waals surface area contributed by atoms with Crippen LogP contribution in [0.25, 0.3) is 0 Å². The summed E-state index contributed by atoms with van der Waals surface area (Å²) in [7, 11) is 0. The zero-order valence-corrected chi connectivity index (χ0v) is 16.5. The van der Waals surface area contributed by atoms with Crippen molar-refractivity contribution in [1.82, 2.24) is 10.6 Å². The first-order valence-corrected chi connectivity index (χ1v) is 8.44. The van der Waals surface area contributed by atoms with Crippen molar-refractivity contribution in [3.05, 3.63) is 39.9 Å². The number of rotatable bonds is 9. The van der Waals surface area contributed by atoms with Gasteiger partial charge in [-0.1, -0.05) is 12.1 Å². The Morgan fingerprint density at radius 2 is 1.96 bits per heavy atom. The predicted octanol–water partition coefficient (Wildman–Crippen LogP) is 3.50. The molecule has 0 aromatic heterocycles. The van der Waals surface area contributed by atoms with Gasteiger partial charge in [0.1, 0.15) is 0 Å². The van der Waals surface area contributed by atoms with E-state index in [1.807, 2.05) is 12.1 Å². The molecule has 1 saturated carbocycles. The number of non-ortho nitro benzene ring substituents is 1. The zero-order valence-electron chi connectivity index (χ0n) is 14.2. The van der Waals surface area contributed by atoms with Gasteiger partial charge in [0.25, 0.3) is 5.69 Å². The van der Waals surface area contributed by atoms with Crippen LogP contribution in [0.15, 0.2) is 29.3 Å². The van der Waals surface area contributed by atoms with E-state index in [4.69, 9.17) is 0 Å². The first-order chi connectivity index (χ1) is 11.2. The Labute approximate surface area is 160 Å². The molecule has 0 unspecified atom stereocenters. The maximum absolute atomic E-state index is 10.6. The van der Waals surface area contributed by atoms with Crippen molar-refractivity contribution >= 4 is 35.6 Å². The van der Waals surface area contributed by atoms with Gasteiger partial charge in [0.05, 0.1) is 4.92 Å². The molecule has 134 valence electrons. The number of aliphatic imine (C=N–C) groups is 1. The molecular formula is C17H27IN4O2. The van der Waals surface area contributed by atoms with Crippen molar-refractivity contribution in [2.75, 3.05) is 19.6 Å². The molecule has 1 aliphatic carbocycles. The second-order valence-electron chi connectivity index (χ2n) is 5.97. The summed E-state index contributed by atoms with van der Waals surface area (Å²) in [5, 5.41) is 17.2. The van der Waals surface area contributed by atoms with Crippen molar-refractivity contribution in [2.45, 2.75) is 39.0 Å². The number of halogens is 1. The van der Waals surface area contributed by atoms with E-state index in [-0.39, 0.29) is 34.6 Å². The number of aryl methyl sites for hydroxylation is 1. The van der Waals surface area contributed by atoms with Crippen molar-refractivity contribution in [3.63, 3.8) is 0 Å². The Morgan fingerprint density at radius 3 is 2.54 bits per heavy atom. The van der Waals surface area contributed by atoms with E-state index in [0.29, 0.717) is 0 Å². The molecule has 0 radical (unpaired) electrons. The Bertz CT molecular complexity index is 530. The van der Waals surface area contributed by atoms with Gasteiger partial charge < -0.3 is 10.6 Å². The van der Waals surface area contributed by atoms with Gasteiger partial charge in [-0.2, -0.15) is 0 Å². The summed E-state index contributed by atoms with van der Waals surface area (Å²) in [5.41, 5.74) is 1.29. The fourth-order valence-corrected chi connectivity index (χ4v) is 2.31. The molecule has 1 aliphatic rings. The van der Waals surface area contributed by atoms with E-state index < -0.39 is 0 Å². The number of unbranched alkanes of at least 4 members (excludes halogenated alkanes) is 1. The third-order valence-corrected chi connectivity index (χ3v) is 3.88. The minimum Gasteiger partial charge on any atom is -0.357 e. The van der Waals surface area contributed by atoms with E-state index in [1.165, 1.54) is 12.8 Å². The minimum atomic E-state index is -0.364. The lowest BCUT2D eigenvalue weighted by Crippen LogP contribution is -2.38. The summed E-state index contributed by atoms with van der Waals surface area (Å²) in [6, 6.07) is 6.82. The summed E-state index contributed by atoms with van der Waals surface area (Å²) in [5.74, 6) is 1.71. The van der Waals surface area contributed by atoms with Crippen molar-refractivity contribution in [3.8, 4) is 0 Å². The zero-order chi connectivity index (χ0) is 16.5. The lowest BCUT2D eigenvalue weighted by Gasteiger charge is -2.11. The van der Waals surface area contributed by atoms with Crippen LogP contribution in [0.1, 0.15) is 38.2 Å². The van der Waals surface area contributed by atoms with Gasteiger partial charge in [-0.05, 0) is 50.5 Å². The Balaban J connectivity index is 0.00000288. The molecule has 1 aromatic rings. The second-order valence-corrected chi connectivity index (χ2v) is 5.97. The lowest BCUT2D eigenvalue weighted by atomic mass is 10.1. The van der Waals surface area contributed by atoms with Crippen molar-refractivity contribution in [2.24, 2.45) is 10.9 Å². The largest absolute Gasteiger partial charge is 0.357 e. The first kappa shape index (κ1) is 20.7. The number of nitro benzene ring substituents is 1. The standard InChI is InChI=1S/C17H26N4O2.HI/c1-2-18-17(20-13-15-6-7-15)19-12-4-3-5-14-8-10-16(11-9-14)21(22)23;/h8-11,15H,2-7,12-13H2,1H3,(H2,18,19,20);1H. The number of nitrogens with one attached hydrogen (secondary N) is 2. The SMILES string of the molecule is CCNC(=NCC1CC1)NCCCCc1ccc([N+](=O)[O-])cc1.I. The molecule has 0 heterocycles. The molecule has 0 bridgehead atoms. The molecule has 0 aliphatic heterocycles. The molecular weight excluding hydrogens is 419 g/mol.